The van der Waals surface area contributed by atoms with Crippen LogP contribution in [0.2, 0.25) is 0 Å². The summed E-state index contributed by atoms with van der Waals surface area (Å²) in [6.07, 6.45) is 3.33. The number of carbonyl (C=O) groups is 1. The lowest BCUT2D eigenvalue weighted by molar-refractivity contribution is 0.0946. The Morgan fingerprint density at radius 2 is 1.68 bits per heavy atom. The van der Waals surface area contributed by atoms with Crippen molar-refractivity contribution in [1.82, 2.24) is 25.3 Å². The van der Waals surface area contributed by atoms with Gasteiger partial charge in [-0.1, -0.05) is 23.4 Å². The van der Waals surface area contributed by atoms with Gasteiger partial charge in [0.1, 0.15) is 17.2 Å². The van der Waals surface area contributed by atoms with Gasteiger partial charge in [0.15, 0.2) is 5.69 Å². The number of rotatable bonds is 7. The Kier molecular flexibility index (Phi) is 5.89. The predicted octanol–water partition coefficient (Wildman–Crippen LogP) is 3.28. The van der Waals surface area contributed by atoms with Crippen molar-refractivity contribution in [3.05, 3.63) is 84.3 Å². The standard InChI is InChI=1S/C23H21N5O3/c1-30-19-7-3-5-16(13-19)15-25-23(29)21-22(17-9-11-24-12-10-17)28(27-26-21)18-6-4-8-20(14-18)31-2/h3-14H,15H2,1-2H3,(H,25,29). The highest BCUT2D eigenvalue weighted by Gasteiger charge is 2.22. The molecule has 2 aromatic carbocycles. The fraction of sp³-hybridized carbons (Fsp3) is 0.130. The van der Waals surface area contributed by atoms with Crippen molar-refractivity contribution < 1.29 is 14.3 Å². The molecule has 0 aliphatic rings. The highest BCUT2D eigenvalue weighted by atomic mass is 16.5. The van der Waals surface area contributed by atoms with Gasteiger partial charge in [-0.2, -0.15) is 0 Å². The van der Waals surface area contributed by atoms with Crippen molar-refractivity contribution >= 4 is 5.91 Å². The number of carbonyl (C=O) groups excluding carboxylic acids is 1. The molecule has 4 aromatic rings. The molecule has 0 unspecified atom stereocenters. The van der Waals surface area contributed by atoms with E-state index in [1.54, 1.807) is 31.3 Å². The van der Waals surface area contributed by atoms with Crippen molar-refractivity contribution in [3.63, 3.8) is 0 Å². The molecule has 31 heavy (non-hydrogen) atoms. The summed E-state index contributed by atoms with van der Waals surface area (Å²) in [5.74, 6) is 1.08. The molecule has 0 aliphatic heterocycles. The third-order valence-corrected chi connectivity index (χ3v) is 4.72. The second-order valence-electron chi connectivity index (χ2n) is 6.67. The Hall–Kier alpha value is -4.20. The largest absolute Gasteiger partial charge is 0.497 e. The maximum Gasteiger partial charge on any atom is 0.274 e. The van der Waals surface area contributed by atoms with E-state index in [1.807, 2.05) is 60.7 Å². The molecule has 0 saturated carbocycles. The van der Waals surface area contributed by atoms with Crippen LogP contribution in [0.4, 0.5) is 0 Å². The molecule has 8 heteroatoms. The lowest BCUT2D eigenvalue weighted by atomic mass is 10.1. The minimum atomic E-state index is -0.330. The predicted molar refractivity (Wildman–Crippen MR) is 115 cm³/mol. The van der Waals surface area contributed by atoms with E-state index in [2.05, 4.69) is 20.6 Å². The van der Waals surface area contributed by atoms with Crippen LogP contribution in [0.5, 0.6) is 11.5 Å². The summed E-state index contributed by atoms with van der Waals surface area (Å²) in [5, 5.41) is 11.4. The maximum atomic E-state index is 13.0. The van der Waals surface area contributed by atoms with E-state index in [-0.39, 0.29) is 11.6 Å². The summed E-state index contributed by atoms with van der Waals surface area (Å²) in [6.45, 7) is 0.331. The van der Waals surface area contributed by atoms with Gasteiger partial charge in [0, 0.05) is 30.6 Å². The number of amides is 1. The van der Waals surface area contributed by atoms with Crippen LogP contribution in [0.3, 0.4) is 0 Å². The fourth-order valence-corrected chi connectivity index (χ4v) is 3.18. The number of nitrogens with zero attached hydrogens (tertiary/aromatic N) is 4. The van der Waals surface area contributed by atoms with Gasteiger partial charge in [-0.15, -0.1) is 5.10 Å². The van der Waals surface area contributed by atoms with E-state index in [0.29, 0.717) is 18.0 Å². The summed E-state index contributed by atoms with van der Waals surface area (Å²) in [7, 11) is 3.21. The van der Waals surface area contributed by atoms with Gasteiger partial charge in [0.2, 0.25) is 0 Å². The number of methoxy groups -OCH3 is 2. The van der Waals surface area contributed by atoms with Crippen molar-refractivity contribution in [2.45, 2.75) is 6.54 Å². The first-order chi connectivity index (χ1) is 15.2. The van der Waals surface area contributed by atoms with Crippen molar-refractivity contribution in [2.24, 2.45) is 0 Å². The molecule has 156 valence electrons. The molecule has 0 atom stereocenters. The van der Waals surface area contributed by atoms with Crippen LogP contribution < -0.4 is 14.8 Å². The molecule has 4 rings (SSSR count). The molecule has 0 spiro atoms. The van der Waals surface area contributed by atoms with Crippen LogP contribution in [0.15, 0.2) is 73.1 Å². The van der Waals surface area contributed by atoms with Crippen molar-refractivity contribution in [2.75, 3.05) is 14.2 Å². The van der Waals surface area contributed by atoms with E-state index >= 15 is 0 Å². The molecule has 0 radical (unpaired) electrons. The monoisotopic (exact) mass is 415 g/mol. The first-order valence-electron chi connectivity index (χ1n) is 9.61. The van der Waals surface area contributed by atoms with E-state index in [9.17, 15) is 4.79 Å². The molecule has 2 aromatic heterocycles. The molecule has 0 saturated heterocycles. The molecule has 0 bridgehead atoms. The minimum absolute atomic E-state index is 0.219. The third-order valence-electron chi connectivity index (χ3n) is 4.72. The fourth-order valence-electron chi connectivity index (χ4n) is 3.18. The van der Waals surface area contributed by atoms with E-state index in [1.165, 1.54) is 0 Å². The van der Waals surface area contributed by atoms with Crippen molar-refractivity contribution in [1.29, 1.82) is 0 Å². The Balaban J connectivity index is 1.68. The number of aromatic nitrogens is 4. The molecule has 2 heterocycles. The van der Waals surface area contributed by atoms with Gasteiger partial charge in [-0.05, 0) is 42.0 Å². The first-order valence-corrected chi connectivity index (χ1v) is 9.61. The van der Waals surface area contributed by atoms with Crippen LogP contribution in [0, 0.1) is 0 Å². The zero-order valence-corrected chi connectivity index (χ0v) is 17.1. The zero-order valence-electron chi connectivity index (χ0n) is 17.1. The Labute approximate surface area is 179 Å². The summed E-state index contributed by atoms with van der Waals surface area (Å²) < 4.78 is 12.2. The van der Waals surface area contributed by atoms with Gasteiger partial charge in [0.25, 0.3) is 5.91 Å². The Bertz CT molecular complexity index is 1190. The number of hydrogen-bond donors (Lipinski definition) is 1. The average molecular weight is 415 g/mol. The summed E-state index contributed by atoms with van der Waals surface area (Å²) >= 11 is 0. The van der Waals surface area contributed by atoms with Crippen LogP contribution in [0.1, 0.15) is 16.1 Å². The quantitative estimate of drug-likeness (QED) is 0.498. The number of hydrogen-bond acceptors (Lipinski definition) is 6. The molecule has 0 fully saturated rings. The maximum absolute atomic E-state index is 13.0. The topological polar surface area (TPSA) is 91.2 Å². The van der Waals surface area contributed by atoms with E-state index < -0.39 is 0 Å². The Morgan fingerprint density at radius 1 is 0.968 bits per heavy atom. The summed E-state index contributed by atoms with van der Waals surface area (Å²) in [4.78, 5) is 17.1. The van der Waals surface area contributed by atoms with Gasteiger partial charge in [-0.25, -0.2) is 4.68 Å². The SMILES string of the molecule is COc1cccc(CNC(=O)c2nnn(-c3cccc(OC)c3)c2-c2ccncc2)c1. The molecular weight excluding hydrogens is 394 g/mol. The molecule has 0 aliphatic carbocycles. The number of benzene rings is 2. The highest BCUT2D eigenvalue weighted by Crippen LogP contribution is 2.26. The number of pyridine rings is 1. The van der Waals surface area contributed by atoms with Gasteiger partial charge in [-0.3, -0.25) is 9.78 Å². The van der Waals surface area contributed by atoms with Gasteiger partial charge < -0.3 is 14.8 Å². The molecule has 1 N–H and O–H groups in total. The van der Waals surface area contributed by atoms with Crippen LogP contribution >= 0.6 is 0 Å². The molecular formula is C23H21N5O3. The average Bonchev–Trinajstić information content (AvgIpc) is 3.28. The second kappa shape index (κ2) is 9.08. The normalized spacial score (nSPS) is 10.5. The summed E-state index contributed by atoms with van der Waals surface area (Å²) in [5.41, 5.74) is 3.20. The van der Waals surface area contributed by atoms with Crippen LogP contribution in [-0.4, -0.2) is 40.1 Å². The number of nitrogens with one attached hydrogen (secondary N) is 1. The molecule has 8 nitrogen and oxygen atoms in total. The smallest absolute Gasteiger partial charge is 0.274 e. The van der Waals surface area contributed by atoms with Crippen molar-refractivity contribution in [3.8, 4) is 28.4 Å². The zero-order chi connectivity index (χ0) is 21.6. The molecule has 1 amide bonds. The second-order valence-corrected chi connectivity index (χ2v) is 6.67. The van der Waals surface area contributed by atoms with Crippen LogP contribution in [0.25, 0.3) is 16.9 Å². The lowest BCUT2D eigenvalue weighted by Gasteiger charge is -2.10. The van der Waals surface area contributed by atoms with Crippen LogP contribution in [-0.2, 0) is 6.54 Å². The van der Waals surface area contributed by atoms with Gasteiger partial charge >= 0.3 is 0 Å². The highest BCUT2D eigenvalue weighted by molar-refractivity contribution is 5.98. The Morgan fingerprint density at radius 3 is 2.42 bits per heavy atom. The number of ether oxygens (including phenoxy) is 2. The minimum Gasteiger partial charge on any atom is -0.497 e. The lowest BCUT2D eigenvalue weighted by Crippen LogP contribution is -2.24. The van der Waals surface area contributed by atoms with E-state index in [4.69, 9.17) is 9.47 Å². The van der Waals surface area contributed by atoms with Gasteiger partial charge in [0.05, 0.1) is 19.9 Å². The third kappa shape index (κ3) is 4.37. The first kappa shape index (κ1) is 20.1. The van der Waals surface area contributed by atoms with E-state index in [0.717, 1.165) is 22.6 Å². The summed E-state index contributed by atoms with van der Waals surface area (Å²) in [6, 6.07) is 18.5.